The molecule has 0 aliphatic carbocycles. The van der Waals surface area contributed by atoms with Crippen molar-refractivity contribution in [3.05, 3.63) is 36.1 Å². The molecule has 2 aromatic rings. The predicted molar refractivity (Wildman–Crippen MR) is 74.3 cm³/mol. The number of thioether (sulfide) groups is 1. The Labute approximate surface area is 111 Å². The van der Waals surface area contributed by atoms with E-state index >= 15 is 0 Å². The molecule has 3 nitrogen and oxygen atoms in total. The van der Waals surface area contributed by atoms with Crippen molar-refractivity contribution < 1.29 is 4.42 Å². The van der Waals surface area contributed by atoms with E-state index in [0.717, 1.165) is 11.1 Å². The Balaban J connectivity index is 2.32. The number of nitriles is 1. The molecule has 92 valence electrons. The summed E-state index contributed by atoms with van der Waals surface area (Å²) in [6.07, 6.45) is 1.53. The summed E-state index contributed by atoms with van der Waals surface area (Å²) >= 11 is 1.80. The van der Waals surface area contributed by atoms with Gasteiger partial charge in [0, 0.05) is 15.7 Å². The van der Waals surface area contributed by atoms with Crippen molar-refractivity contribution in [2.24, 2.45) is 0 Å². The lowest BCUT2D eigenvalue weighted by atomic mass is 10.1. The van der Waals surface area contributed by atoms with Crippen LogP contribution in [-0.2, 0) is 0 Å². The van der Waals surface area contributed by atoms with Crippen LogP contribution in [0.5, 0.6) is 0 Å². The quantitative estimate of drug-likeness (QED) is 0.848. The van der Waals surface area contributed by atoms with E-state index in [4.69, 9.17) is 15.4 Å². The molecule has 0 radical (unpaired) electrons. The van der Waals surface area contributed by atoms with Gasteiger partial charge in [0.05, 0.1) is 0 Å². The number of nitrogen functional groups attached to an aromatic ring is 1. The molecular formula is C14H14N2OS. The van der Waals surface area contributed by atoms with Gasteiger partial charge in [-0.1, -0.05) is 26.0 Å². The van der Waals surface area contributed by atoms with Crippen LogP contribution in [0.4, 0.5) is 5.88 Å². The van der Waals surface area contributed by atoms with Gasteiger partial charge in [0.1, 0.15) is 17.9 Å². The monoisotopic (exact) mass is 258 g/mol. The van der Waals surface area contributed by atoms with E-state index in [1.165, 1.54) is 11.2 Å². The molecular weight excluding hydrogens is 244 g/mol. The second-order valence-corrected chi connectivity index (χ2v) is 5.84. The maximum Gasteiger partial charge on any atom is 0.208 e. The van der Waals surface area contributed by atoms with Gasteiger partial charge in [-0.25, -0.2) is 0 Å². The zero-order valence-electron chi connectivity index (χ0n) is 10.3. The zero-order valence-corrected chi connectivity index (χ0v) is 11.1. The number of hydrogen-bond acceptors (Lipinski definition) is 4. The molecule has 1 aromatic heterocycles. The van der Waals surface area contributed by atoms with E-state index < -0.39 is 0 Å². The van der Waals surface area contributed by atoms with Crippen LogP contribution in [0, 0.1) is 11.3 Å². The number of nitrogens with two attached hydrogens (primary N) is 1. The third kappa shape index (κ3) is 2.52. The van der Waals surface area contributed by atoms with Crippen molar-refractivity contribution in [3.63, 3.8) is 0 Å². The Kier molecular flexibility index (Phi) is 3.63. The lowest BCUT2D eigenvalue weighted by Gasteiger charge is -2.05. The van der Waals surface area contributed by atoms with Gasteiger partial charge >= 0.3 is 0 Å². The number of benzene rings is 1. The third-order valence-electron chi connectivity index (χ3n) is 2.47. The van der Waals surface area contributed by atoms with Crippen LogP contribution in [0.25, 0.3) is 11.1 Å². The molecule has 2 rings (SSSR count). The summed E-state index contributed by atoms with van der Waals surface area (Å²) in [4.78, 5) is 1.21. The standard InChI is InChI=1S/C14H14N2OS/c1-9(2)18-11-5-3-10(4-6-11)13-8-17-14(16)12(13)7-15/h3-6,8-9H,16H2,1-2H3. The summed E-state index contributed by atoms with van der Waals surface area (Å²) < 4.78 is 5.09. The third-order valence-corrected chi connectivity index (χ3v) is 3.48. The van der Waals surface area contributed by atoms with Gasteiger partial charge < -0.3 is 10.2 Å². The Bertz CT molecular complexity index is 579. The molecule has 0 saturated heterocycles. The van der Waals surface area contributed by atoms with Crippen LogP contribution in [0.3, 0.4) is 0 Å². The SMILES string of the molecule is CC(C)Sc1ccc(-c2coc(N)c2C#N)cc1. The number of rotatable bonds is 3. The molecule has 0 saturated carbocycles. The van der Waals surface area contributed by atoms with Crippen molar-refractivity contribution in [2.45, 2.75) is 24.0 Å². The summed E-state index contributed by atoms with van der Waals surface area (Å²) in [5.41, 5.74) is 7.68. The van der Waals surface area contributed by atoms with E-state index in [9.17, 15) is 0 Å². The lowest BCUT2D eigenvalue weighted by molar-refractivity contribution is 0.588. The fourth-order valence-corrected chi connectivity index (χ4v) is 2.52. The molecule has 4 heteroatoms. The van der Waals surface area contributed by atoms with Crippen molar-refractivity contribution in [1.29, 1.82) is 5.26 Å². The van der Waals surface area contributed by atoms with Crippen LogP contribution in [0.2, 0.25) is 0 Å². The molecule has 1 heterocycles. The summed E-state index contributed by atoms with van der Waals surface area (Å²) in [5, 5.41) is 9.58. The molecule has 0 aliphatic heterocycles. The van der Waals surface area contributed by atoms with E-state index in [1.54, 1.807) is 11.8 Å². The zero-order chi connectivity index (χ0) is 13.1. The van der Waals surface area contributed by atoms with E-state index in [-0.39, 0.29) is 5.88 Å². The minimum Gasteiger partial charge on any atom is -0.447 e. The molecule has 2 N–H and O–H groups in total. The molecule has 0 unspecified atom stereocenters. The second-order valence-electron chi connectivity index (χ2n) is 4.19. The first-order valence-corrected chi connectivity index (χ1v) is 6.54. The molecule has 0 atom stereocenters. The van der Waals surface area contributed by atoms with Gasteiger partial charge in [0.2, 0.25) is 5.88 Å². The summed E-state index contributed by atoms with van der Waals surface area (Å²) in [5.74, 6) is 0.174. The van der Waals surface area contributed by atoms with Gasteiger partial charge in [-0.2, -0.15) is 5.26 Å². The van der Waals surface area contributed by atoms with Crippen molar-refractivity contribution in [2.75, 3.05) is 5.73 Å². The molecule has 0 fully saturated rings. The van der Waals surface area contributed by atoms with Crippen LogP contribution in [0.15, 0.2) is 39.8 Å². The first kappa shape index (κ1) is 12.6. The minimum absolute atomic E-state index is 0.174. The minimum atomic E-state index is 0.174. The van der Waals surface area contributed by atoms with Crippen LogP contribution >= 0.6 is 11.8 Å². The van der Waals surface area contributed by atoms with Gasteiger partial charge in [0.15, 0.2) is 0 Å². The number of nitrogens with zero attached hydrogens (tertiary/aromatic N) is 1. The number of anilines is 1. The normalized spacial score (nSPS) is 10.6. The average Bonchev–Trinajstić information content (AvgIpc) is 2.70. The lowest BCUT2D eigenvalue weighted by Crippen LogP contribution is -1.87. The van der Waals surface area contributed by atoms with Gasteiger partial charge in [0.25, 0.3) is 0 Å². The fourth-order valence-electron chi connectivity index (χ4n) is 1.69. The highest BCUT2D eigenvalue weighted by Crippen LogP contribution is 2.31. The Morgan fingerprint density at radius 3 is 2.50 bits per heavy atom. The van der Waals surface area contributed by atoms with E-state index in [2.05, 4.69) is 19.9 Å². The molecule has 0 amide bonds. The maximum absolute atomic E-state index is 9.03. The Morgan fingerprint density at radius 2 is 1.94 bits per heavy atom. The first-order valence-electron chi connectivity index (χ1n) is 5.66. The Hall–Kier alpha value is -1.86. The highest BCUT2D eigenvalue weighted by Gasteiger charge is 2.12. The van der Waals surface area contributed by atoms with Crippen LogP contribution < -0.4 is 5.73 Å². The van der Waals surface area contributed by atoms with Crippen molar-refractivity contribution >= 4 is 17.6 Å². The topological polar surface area (TPSA) is 62.9 Å². The molecule has 0 aliphatic rings. The molecule has 1 aromatic carbocycles. The Morgan fingerprint density at radius 1 is 1.28 bits per heavy atom. The first-order chi connectivity index (χ1) is 8.61. The second kappa shape index (κ2) is 5.19. The summed E-state index contributed by atoms with van der Waals surface area (Å²) in [6, 6.07) is 10.1. The van der Waals surface area contributed by atoms with Crippen molar-refractivity contribution in [3.8, 4) is 17.2 Å². The fraction of sp³-hybridized carbons (Fsp3) is 0.214. The maximum atomic E-state index is 9.03. The number of hydrogen-bond donors (Lipinski definition) is 1. The smallest absolute Gasteiger partial charge is 0.208 e. The molecule has 0 bridgehead atoms. The number of furan rings is 1. The predicted octanol–water partition coefficient (Wildman–Crippen LogP) is 3.90. The van der Waals surface area contributed by atoms with Crippen molar-refractivity contribution in [1.82, 2.24) is 0 Å². The van der Waals surface area contributed by atoms with Gasteiger partial charge in [-0.05, 0) is 17.7 Å². The highest BCUT2D eigenvalue weighted by molar-refractivity contribution is 7.99. The molecule has 0 spiro atoms. The molecule has 18 heavy (non-hydrogen) atoms. The highest BCUT2D eigenvalue weighted by atomic mass is 32.2. The van der Waals surface area contributed by atoms with E-state index in [0.29, 0.717) is 10.8 Å². The van der Waals surface area contributed by atoms with Gasteiger partial charge in [-0.3, -0.25) is 0 Å². The van der Waals surface area contributed by atoms with Gasteiger partial charge in [-0.15, -0.1) is 11.8 Å². The largest absolute Gasteiger partial charge is 0.447 e. The van der Waals surface area contributed by atoms with E-state index in [1.807, 2.05) is 24.3 Å². The average molecular weight is 258 g/mol. The van der Waals surface area contributed by atoms with Crippen LogP contribution in [0.1, 0.15) is 19.4 Å². The summed E-state index contributed by atoms with van der Waals surface area (Å²) in [7, 11) is 0. The van der Waals surface area contributed by atoms with Crippen LogP contribution in [-0.4, -0.2) is 5.25 Å². The summed E-state index contributed by atoms with van der Waals surface area (Å²) in [6.45, 7) is 4.31.